The molecule has 2 N–H and O–H groups in total. The second-order valence-corrected chi connectivity index (χ2v) is 4.43. The highest BCUT2D eigenvalue weighted by atomic mass is 16.4. The molecule has 0 saturated carbocycles. The number of carboxylic acids is 1. The van der Waals surface area contributed by atoms with E-state index < -0.39 is 5.97 Å². The third-order valence-electron chi connectivity index (χ3n) is 3.02. The summed E-state index contributed by atoms with van der Waals surface area (Å²) in [5.41, 5.74) is 1.71. The van der Waals surface area contributed by atoms with Crippen LogP contribution >= 0.6 is 0 Å². The van der Waals surface area contributed by atoms with Crippen LogP contribution in [0.3, 0.4) is 0 Å². The van der Waals surface area contributed by atoms with Gasteiger partial charge in [0, 0.05) is 12.2 Å². The molecule has 0 fully saturated rings. The van der Waals surface area contributed by atoms with E-state index in [1.54, 1.807) is 14.0 Å². The lowest BCUT2D eigenvalue weighted by Crippen LogP contribution is -2.44. The summed E-state index contributed by atoms with van der Waals surface area (Å²) in [6.07, 6.45) is -0.0729. The average Bonchev–Trinajstić information content (AvgIpc) is 2.39. The van der Waals surface area contributed by atoms with Gasteiger partial charge in [-0.3, -0.25) is 9.59 Å². The highest BCUT2D eigenvalue weighted by Crippen LogP contribution is 2.20. The normalized spacial score (nSPS) is 11.9. The Bertz CT molecular complexity index is 460. The van der Waals surface area contributed by atoms with E-state index in [1.165, 1.54) is 4.90 Å². The SMILES string of the molecule is CNC(C)C(=O)N(CCC(=O)O)c1ccccc1C. The molecule has 0 spiro atoms. The Labute approximate surface area is 113 Å². The van der Waals surface area contributed by atoms with Gasteiger partial charge in [0.15, 0.2) is 0 Å². The van der Waals surface area contributed by atoms with Crippen LogP contribution in [-0.2, 0) is 9.59 Å². The van der Waals surface area contributed by atoms with Gasteiger partial charge in [0.1, 0.15) is 0 Å². The second-order valence-electron chi connectivity index (χ2n) is 4.43. The molecule has 1 unspecified atom stereocenters. The molecule has 0 aliphatic carbocycles. The average molecular weight is 264 g/mol. The molecular formula is C14H20N2O3. The molecule has 19 heavy (non-hydrogen) atoms. The van der Waals surface area contributed by atoms with Gasteiger partial charge in [-0.2, -0.15) is 0 Å². The van der Waals surface area contributed by atoms with E-state index in [0.717, 1.165) is 11.3 Å². The minimum Gasteiger partial charge on any atom is -0.481 e. The van der Waals surface area contributed by atoms with Crippen molar-refractivity contribution in [3.05, 3.63) is 29.8 Å². The van der Waals surface area contributed by atoms with E-state index in [4.69, 9.17) is 5.11 Å². The maximum Gasteiger partial charge on any atom is 0.305 e. The molecule has 1 amide bonds. The maximum atomic E-state index is 12.3. The van der Waals surface area contributed by atoms with Crippen molar-refractivity contribution in [1.82, 2.24) is 5.32 Å². The first-order chi connectivity index (χ1) is 8.97. The molecule has 0 aliphatic rings. The molecule has 5 heteroatoms. The third-order valence-corrected chi connectivity index (χ3v) is 3.02. The van der Waals surface area contributed by atoms with Crippen LogP contribution in [0, 0.1) is 6.92 Å². The molecule has 0 aliphatic heterocycles. The molecule has 0 saturated heterocycles. The van der Waals surface area contributed by atoms with E-state index in [-0.39, 0.29) is 24.9 Å². The summed E-state index contributed by atoms with van der Waals surface area (Å²) in [6.45, 7) is 3.83. The van der Waals surface area contributed by atoms with Crippen molar-refractivity contribution < 1.29 is 14.7 Å². The van der Waals surface area contributed by atoms with Gasteiger partial charge in [-0.15, -0.1) is 0 Å². The topological polar surface area (TPSA) is 69.6 Å². The predicted octanol–water partition coefficient (Wildman–Crippen LogP) is 1.41. The molecular weight excluding hydrogens is 244 g/mol. The summed E-state index contributed by atoms with van der Waals surface area (Å²) in [6, 6.07) is 7.11. The minimum atomic E-state index is -0.913. The summed E-state index contributed by atoms with van der Waals surface area (Å²) in [7, 11) is 1.70. The number of aliphatic carboxylic acids is 1. The van der Waals surface area contributed by atoms with Crippen LogP contribution < -0.4 is 10.2 Å². The highest BCUT2D eigenvalue weighted by Gasteiger charge is 2.22. The standard InChI is InChI=1S/C14H20N2O3/c1-10-6-4-5-7-12(10)16(9-8-13(17)18)14(19)11(2)15-3/h4-7,11,15H,8-9H2,1-3H3,(H,17,18). The van der Waals surface area contributed by atoms with Crippen LogP contribution in [0.2, 0.25) is 0 Å². The number of carboxylic acid groups (broad SMARTS) is 1. The van der Waals surface area contributed by atoms with E-state index in [1.807, 2.05) is 31.2 Å². The maximum absolute atomic E-state index is 12.3. The molecule has 0 heterocycles. The Kier molecular flexibility index (Phi) is 5.51. The van der Waals surface area contributed by atoms with Gasteiger partial charge in [-0.1, -0.05) is 18.2 Å². The van der Waals surface area contributed by atoms with Crippen LogP contribution in [0.15, 0.2) is 24.3 Å². The van der Waals surface area contributed by atoms with E-state index in [9.17, 15) is 9.59 Å². The van der Waals surface area contributed by atoms with Crippen molar-refractivity contribution in [3.8, 4) is 0 Å². The Morgan fingerprint density at radius 1 is 1.37 bits per heavy atom. The minimum absolute atomic E-state index is 0.0729. The largest absolute Gasteiger partial charge is 0.481 e. The van der Waals surface area contributed by atoms with Crippen molar-refractivity contribution in [1.29, 1.82) is 0 Å². The number of hydrogen-bond acceptors (Lipinski definition) is 3. The van der Waals surface area contributed by atoms with Crippen molar-refractivity contribution >= 4 is 17.6 Å². The first-order valence-corrected chi connectivity index (χ1v) is 6.23. The summed E-state index contributed by atoms with van der Waals surface area (Å²) in [5, 5.41) is 11.7. The number of para-hydroxylation sites is 1. The van der Waals surface area contributed by atoms with E-state index in [2.05, 4.69) is 5.32 Å². The number of rotatable bonds is 6. The number of anilines is 1. The second kappa shape index (κ2) is 6.89. The van der Waals surface area contributed by atoms with Gasteiger partial charge in [-0.25, -0.2) is 0 Å². The first-order valence-electron chi connectivity index (χ1n) is 6.23. The lowest BCUT2D eigenvalue weighted by Gasteiger charge is -2.26. The number of nitrogens with one attached hydrogen (secondary N) is 1. The molecule has 1 rings (SSSR count). The fourth-order valence-corrected chi connectivity index (χ4v) is 1.78. The molecule has 0 aromatic heterocycles. The summed E-state index contributed by atoms with van der Waals surface area (Å²) >= 11 is 0. The number of benzene rings is 1. The van der Waals surface area contributed by atoms with Crippen LogP contribution in [-0.4, -0.2) is 36.6 Å². The highest BCUT2D eigenvalue weighted by molar-refractivity contribution is 5.97. The van der Waals surface area contributed by atoms with Crippen molar-refractivity contribution in [3.63, 3.8) is 0 Å². The van der Waals surface area contributed by atoms with Gasteiger partial charge >= 0.3 is 5.97 Å². The molecule has 1 aromatic carbocycles. The smallest absolute Gasteiger partial charge is 0.305 e. The Balaban J connectivity index is 3.01. The number of likely N-dealkylation sites (N-methyl/N-ethyl adjacent to an activating group) is 1. The molecule has 0 radical (unpaired) electrons. The van der Waals surface area contributed by atoms with E-state index in [0.29, 0.717) is 0 Å². The predicted molar refractivity (Wildman–Crippen MR) is 74.3 cm³/mol. The number of aryl methyl sites for hydroxylation is 1. The third kappa shape index (κ3) is 4.06. The number of carbonyl (C=O) groups is 2. The molecule has 1 aromatic rings. The van der Waals surface area contributed by atoms with Crippen LogP contribution in [0.1, 0.15) is 18.9 Å². The monoisotopic (exact) mass is 264 g/mol. The van der Waals surface area contributed by atoms with Crippen LogP contribution in [0.25, 0.3) is 0 Å². The fraction of sp³-hybridized carbons (Fsp3) is 0.429. The Morgan fingerprint density at radius 3 is 2.53 bits per heavy atom. The van der Waals surface area contributed by atoms with Gasteiger partial charge in [-0.05, 0) is 32.5 Å². The molecule has 104 valence electrons. The fourth-order valence-electron chi connectivity index (χ4n) is 1.78. The molecule has 1 atom stereocenters. The summed E-state index contributed by atoms with van der Waals surface area (Å²) in [5.74, 6) is -1.04. The van der Waals surface area contributed by atoms with Gasteiger partial charge in [0.2, 0.25) is 5.91 Å². The quantitative estimate of drug-likeness (QED) is 0.815. The van der Waals surface area contributed by atoms with Crippen molar-refractivity contribution in [2.75, 3.05) is 18.5 Å². The van der Waals surface area contributed by atoms with Gasteiger partial charge in [0.25, 0.3) is 0 Å². The lowest BCUT2D eigenvalue weighted by molar-refractivity contribution is -0.136. The summed E-state index contributed by atoms with van der Waals surface area (Å²) in [4.78, 5) is 24.6. The van der Waals surface area contributed by atoms with Crippen LogP contribution in [0.4, 0.5) is 5.69 Å². The van der Waals surface area contributed by atoms with Gasteiger partial charge < -0.3 is 15.3 Å². The first kappa shape index (κ1) is 15.2. The van der Waals surface area contributed by atoms with Gasteiger partial charge in [0.05, 0.1) is 12.5 Å². The Morgan fingerprint density at radius 2 is 2.00 bits per heavy atom. The zero-order valence-corrected chi connectivity index (χ0v) is 11.5. The number of nitrogens with zero attached hydrogens (tertiary/aromatic N) is 1. The summed E-state index contributed by atoms with van der Waals surface area (Å²) < 4.78 is 0. The number of amides is 1. The lowest BCUT2D eigenvalue weighted by atomic mass is 10.1. The van der Waals surface area contributed by atoms with Crippen molar-refractivity contribution in [2.24, 2.45) is 0 Å². The number of hydrogen-bond donors (Lipinski definition) is 2. The van der Waals surface area contributed by atoms with Crippen molar-refractivity contribution in [2.45, 2.75) is 26.3 Å². The Hall–Kier alpha value is -1.88. The molecule has 5 nitrogen and oxygen atoms in total. The zero-order valence-electron chi connectivity index (χ0n) is 11.5. The van der Waals surface area contributed by atoms with Crippen LogP contribution in [0.5, 0.6) is 0 Å². The zero-order chi connectivity index (χ0) is 14.4. The number of carbonyl (C=O) groups excluding carboxylic acids is 1. The van der Waals surface area contributed by atoms with E-state index >= 15 is 0 Å². The molecule has 0 bridgehead atoms.